The van der Waals surface area contributed by atoms with E-state index in [1.165, 1.54) is 5.56 Å². The predicted octanol–water partition coefficient (Wildman–Crippen LogP) is 3.50. The summed E-state index contributed by atoms with van der Waals surface area (Å²) in [6, 6.07) is 2.45. The molecular formula is C17H28N2O3. The van der Waals surface area contributed by atoms with Crippen molar-refractivity contribution in [1.82, 2.24) is 10.2 Å². The number of hydrogen-bond acceptors (Lipinski definition) is 4. The van der Waals surface area contributed by atoms with Gasteiger partial charge < -0.3 is 19.4 Å². The molecule has 1 amide bonds. The fourth-order valence-electron chi connectivity index (χ4n) is 2.72. The Kier molecular flexibility index (Phi) is 5.51. The average molecular weight is 308 g/mol. The summed E-state index contributed by atoms with van der Waals surface area (Å²) in [5, 5.41) is 3.57. The van der Waals surface area contributed by atoms with Crippen LogP contribution in [0.15, 0.2) is 16.7 Å². The van der Waals surface area contributed by atoms with Crippen LogP contribution in [0.3, 0.4) is 0 Å². The van der Waals surface area contributed by atoms with Gasteiger partial charge in [0.2, 0.25) is 0 Å². The Morgan fingerprint density at radius 2 is 2.27 bits per heavy atom. The lowest BCUT2D eigenvalue weighted by Gasteiger charge is -2.25. The third-order valence-corrected chi connectivity index (χ3v) is 3.82. The molecule has 22 heavy (non-hydrogen) atoms. The Morgan fingerprint density at radius 1 is 1.50 bits per heavy atom. The van der Waals surface area contributed by atoms with Crippen LogP contribution in [0.2, 0.25) is 0 Å². The number of aryl methyl sites for hydroxylation is 1. The van der Waals surface area contributed by atoms with Crippen molar-refractivity contribution in [3.63, 3.8) is 0 Å². The van der Waals surface area contributed by atoms with E-state index in [0.29, 0.717) is 12.6 Å². The molecule has 1 aromatic rings. The number of ether oxygens (including phenoxy) is 1. The summed E-state index contributed by atoms with van der Waals surface area (Å²) in [4.78, 5) is 13.5. The van der Waals surface area contributed by atoms with Crippen LogP contribution in [0.5, 0.6) is 0 Å². The van der Waals surface area contributed by atoms with E-state index in [-0.39, 0.29) is 6.09 Å². The fraction of sp³-hybridized carbons (Fsp3) is 0.706. The molecule has 1 aliphatic rings. The lowest BCUT2D eigenvalue weighted by Crippen LogP contribution is -2.36. The Balaban J connectivity index is 1.69. The molecule has 5 nitrogen and oxygen atoms in total. The second-order valence-corrected chi connectivity index (χ2v) is 6.95. The fourth-order valence-corrected chi connectivity index (χ4v) is 2.72. The molecule has 0 saturated heterocycles. The number of amides is 1. The lowest BCUT2D eigenvalue weighted by molar-refractivity contribution is 0.0297. The molecule has 1 unspecified atom stereocenters. The van der Waals surface area contributed by atoms with Crippen LogP contribution in [0.4, 0.5) is 4.79 Å². The van der Waals surface area contributed by atoms with E-state index in [4.69, 9.17) is 9.15 Å². The van der Waals surface area contributed by atoms with Crippen LogP contribution in [-0.2, 0) is 11.2 Å². The van der Waals surface area contributed by atoms with Crippen LogP contribution in [0, 0.1) is 0 Å². The molecule has 1 aliphatic carbocycles. The highest BCUT2D eigenvalue weighted by atomic mass is 16.6. The van der Waals surface area contributed by atoms with Crippen molar-refractivity contribution in [2.75, 3.05) is 20.1 Å². The first kappa shape index (κ1) is 16.9. The van der Waals surface area contributed by atoms with Gasteiger partial charge in [-0.15, -0.1) is 0 Å². The highest BCUT2D eigenvalue weighted by Gasteiger charge is 2.22. The second-order valence-electron chi connectivity index (χ2n) is 6.95. The van der Waals surface area contributed by atoms with Crippen LogP contribution < -0.4 is 5.32 Å². The number of hydrogen-bond donors (Lipinski definition) is 1. The molecule has 0 aliphatic heterocycles. The SMILES string of the molecule is CN(CCCNC1CCCc2occc21)C(=O)OC(C)(C)C. The Hall–Kier alpha value is -1.49. The van der Waals surface area contributed by atoms with Crippen molar-refractivity contribution in [1.29, 1.82) is 0 Å². The van der Waals surface area contributed by atoms with E-state index in [1.807, 2.05) is 20.8 Å². The van der Waals surface area contributed by atoms with Gasteiger partial charge in [0, 0.05) is 31.6 Å². The number of carbonyl (C=O) groups excluding carboxylic acids is 1. The van der Waals surface area contributed by atoms with Crippen LogP contribution in [0.1, 0.15) is 57.4 Å². The number of nitrogens with zero attached hydrogens (tertiary/aromatic N) is 1. The Labute approximate surface area is 133 Å². The van der Waals surface area contributed by atoms with E-state index in [0.717, 1.165) is 38.0 Å². The minimum absolute atomic E-state index is 0.262. The van der Waals surface area contributed by atoms with Crippen molar-refractivity contribution in [3.8, 4) is 0 Å². The molecule has 0 bridgehead atoms. The molecule has 5 heteroatoms. The minimum atomic E-state index is -0.441. The Bertz CT molecular complexity index is 490. The molecule has 1 aromatic heterocycles. The molecule has 1 N–H and O–H groups in total. The van der Waals surface area contributed by atoms with Crippen LogP contribution in [-0.4, -0.2) is 36.7 Å². The standard InChI is InChI=1S/C17H28N2O3/c1-17(2,3)22-16(20)19(4)11-6-10-18-14-7-5-8-15-13(14)9-12-21-15/h9,12,14,18H,5-8,10-11H2,1-4H3. The van der Waals surface area contributed by atoms with Crippen molar-refractivity contribution in [2.24, 2.45) is 0 Å². The van der Waals surface area contributed by atoms with Gasteiger partial charge in [-0.2, -0.15) is 0 Å². The van der Waals surface area contributed by atoms with E-state index >= 15 is 0 Å². The van der Waals surface area contributed by atoms with Crippen molar-refractivity contribution in [2.45, 2.75) is 58.1 Å². The first-order valence-corrected chi connectivity index (χ1v) is 8.10. The van der Waals surface area contributed by atoms with Crippen molar-refractivity contribution in [3.05, 3.63) is 23.7 Å². The summed E-state index contributed by atoms with van der Waals surface area (Å²) in [5.74, 6) is 1.12. The first-order valence-electron chi connectivity index (χ1n) is 8.10. The maximum atomic E-state index is 11.9. The molecule has 124 valence electrons. The average Bonchev–Trinajstić information content (AvgIpc) is 2.90. The third kappa shape index (κ3) is 4.77. The van der Waals surface area contributed by atoms with E-state index < -0.39 is 5.60 Å². The molecule has 0 spiro atoms. The summed E-state index contributed by atoms with van der Waals surface area (Å²) in [5.41, 5.74) is 0.857. The van der Waals surface area contributed by atoms with E-state index in [2.05, 4.69) is 11.4 Å². The summed E-state index contributed by atoms with van der Waals surface area (Å²) in [6.07, 6.45) is 5.77. The van der Waals surface area contributed by atoms with E-state index in [1.54, 1.807) is 18.2 Å². The Morgan fingerprint density at radius 3 is 3.00 bits per heavy atom. The lowest BCUT2D eigenvalue weighted by atomic mass is 9.93. The molecular weight excluding hydrogens is 280 g/mol. The maximum absolute atomic E-state index is 11.9. The highest BCUT2D eigenvalue weighted by molar-refractivity contribution is 5.67. The second kappa shape index (κ2) is 7.18. The van der Waals surface area contributed by atoms with Crippen molar-refractivity contribution >= 4 is 6.09 Å². The number of fused-ring (bicyclic) bond motifs is 1. The zero-order chi connectivity index (χ0) is 16.2. The highest BCUT2D eigenvalue weighted by Crippen LogP contribution is 2.30. The molecule has 0 radical (unpaired) electrons. The summed E-state index contributed by atoms with van der Waals surface area (Å²) in [7, 11) is 1.78. The molecule has 1 heterocycles. The number of furan rings is 1. The van der Waals surface area contributed by atoms with Gasteiger partial charge >= 0.3 is 6.09 Å². The van der Waals surface area contributed by atoms with Gasteiger partial charge in [0.1, 0.15) is 11.4 Å². The molecule has 0 fully saturated rings. The predicted molar refractivity (Wildman–Crippen MR) is 85.9 cm³/mol. The molecule has 0 aromatic carbocycles. The quantitative estimate of drug-likeness (QED) is 0.846. The van der Waals surface area contributed by atoms with Gasteiger partial charge in [-0.25, -0.2) is 4.79 Å². The zero-order valence-electron chi connectivity index (χ0n) is 14.1. The van der Waals surface area contributed by atoms with Gasteiger partial charge in [-0.1, -0.05) is 0 Å². The molecule has 2 rings (SSSR count). The monoisotopic (exact) mass is 308 g/mol. The summed E-state index contributed by atoms with van der Waals surface area (Å²) >= 11 is 0. The minimum Gasteiger partial charge on any atom is -0.469 e. The van der Waals surface area contributed by atoms with Crippen LogP contribution in [0.25, 0.3) is 0 Å². The third-order valence-electron chi connectivity index (χ3n) is 3.82. The zero-order valence-corrected chi connectivity index (χ0v) is 14.1. The van der Waals surface area contributed by atoms with Crippen LogP contribution >= 0.6 is 0 Å². The smallest absolute Gasteiger partial charge is 0.410 e. The van der Waals surface area contributed by atoms with Gasteiger partial charge in [0.25, 0.3) is 0 Å². The van der Waals surface area contributed by atoms with Gasteiger partial charge in [-0.3, -0.25) is 0 Å². The van der Waals surface area contributed by atoms with E-state index in [9.17, 15) is 4.79 Å². The first-order chi connectivity index (χ1) is 10.4. The summed E-state index contributed by atoms with van der Waals surface area (Å²) in [6.45, 7) is 7.21. The van der Waals surface area contributed by atoms with Crippen molar-refractivity contribution < 1.29 is 13.9 Å². The summed E-state index contributed by atoms with van der Waals surface area (Å²) < 4.78 is 10.8. The molecule has 1 atom stereocenters. The molecule has 0 saturated carbocycles. The maximum Gasteiger partial charge on any atom is 0.410 e. The number of carbonyl (C=O) groups is 1. The van der Waals surface area contributed by atoms with Gasteiger partial charge in [0.05, 0.1) is 6.26 Å². The van der Waals surface area contributed by atoms with Gasteiger partial charge in [0.15, 0.2) is 0 Å². The van der Waals surface area contributed by atoms with Gasteiger partial charge in [-0.05, 0) is 52.6 Å². The largest absolute Gasteiger partial charge is 0.469 e. The number of rotatable bonds is 5. The normalized spacial score (nSPS) is 17.9. The topological polar surface area (TPSA) is 54.7 Å². The number of nitrogens with one attached hydrogen (secondary N) is 1.